The lowest BCUT2D eigenvalue weighted by Crippen LogP contribution is -2.36. The minimum absolute atomic E-state index is 0.110. The summed E-state index contributed by atoms with van der Waals surface area (Å²) in [5.74, 6) is 0.479. The van der Waals surface area contributed by atoms with E-state index in [0.29, 0.717) is 10.9 Å². The second-order valence-corrected chi connectivity index (χ2v) is 5.49. The van der Waals surface area contributed by atoms with Crippen LogP contribution in [-0.2, 0) is 11.2 Å². The molecule has 0 fully saturated rings. The standard InChI is InChI=1S/C13H14N4OS/c1-9-6-10-4-2-3-5-11(10)17(9)12(18)7-19-13-14-8-15-16-13/h2-5,8-9H,6-7H2,1H3,(H,14,15,16)/t9-/m1/s1. The third-order valence-corrected chi connectivity index (χ3v) is 4.06. The molecule has 0 unspecified atom stereocenters. The minimum Gasteiger partial charge on any atom is -0.308 e. The first-order valence-electron chi connectivity index (χ1n) is 6.14. The Balaban J connectivity index is 1.73. The van der Waals surface area contributed by atoms with Gasteiger partial charge in [-0.2, -0.15) is 5.10 Å². The molecule has 2 heterocycles. The fourth-order valence-electron chi connectivity index (χ4n) is 2.41. The Kier molecular flexibility index (Phi) is 3.25. The van der Waals surface area contributed by atoms with Gasteiger partial charge in [0.05, 0.1) is 5.75 Å². The third-order valence-electron chi connectivity index (χ3n) is 3.20. The van der Waals surface area contributed by atoms with Crippen LogP contribution >= 0.6 is 11.8 Å². The lowest BCUT2D eigenvalue weighted by Gasteiger charge is -2.22. The number of fused-ring (bicyclic) bond motifs is 1. The van der Waals surface area contributed by atoms with Crippen molar-refractivity contribution in [2.45, 2.75) is 24.5 Å². The van der Waals surface area contributed by atoms with Gasteiger partial charge in [0.25, 0.3) is 0 Å². The molecule has 1 aliphatic rings. The number of H-pyrrole nitrogens is 1. The fourth-order valence-corrected chi connectivity index (χ4v) is 3.05. The summed E-state index contributed by atoms with van der Waals surface area (Å²) in [7, 11) is 0. The average molecular weight is 274 g/mol. The highest BCUT2D eigenvalue weighted by atomic mass is 32.2. The number of nitrogens with one attached hydrogen (secondary N) is 1. The number of thioether (sulfide) groups is 1. The van der Waals surface area contributed by atoms with Crippen molar-refractivity contribution in [1.82, 2.24) is 15.2 Å². The highest BCUT2D eigenvalue weighted by molar-refractivity contribution is 7.99. The zero-order valence-electron chi connectivity index (χ0n) is 10.5. The van der Waals surface area contributed by atoms with E-state index >= 15 is 0 Å². The van der Waals surface area contributed by atoms with E-state index < -0.39 is 0 Å². The molecule has 0 saturated carbocycles. The van der Waals surface area contributed by atoms with E-state index in [1.165, 1.54) is 23.7 Å². The monoisotopic (exact) mass is 274 g/mol. The van der Waals surface area contributed by atoms with Crippen LogP contribution in [0, 0.1) is 0 Å². The molecular formula is C13H14N4OS. The first kappa shape index (κ1) is 12.2. The molecule has 3 rings (SSSR count). The van der Waals surface area contributed by atoms with Crippen LogP contribution < -0.4 is 4.90 Å². The molecule has 0 spiro atoms. The van der Waals surface area contributed by atoms with E-state index in [1.807, 2.05) is 23.1 Å². The molecule has 1 atom stereocenters. The zero-order chi connectivity index (χ0) is 13.2. The summed E-state index contributed by atoms with van der Waals surface area (Å²) in [5, 5.41) is 7.19. The number of carbonyl (C=O) groups excluding carboxylic acids is 1. The van der Waals surface area contributed by atoms with Gasteiger partial charge in [-0.05, 0) is 25.0 Å². The lowest BCUT2D eigenvalue weighted by molar-refractivity contribution is -0.116. The topological polar surface area (TPSA) is 61.9 Å². The summed E-state index contributed by atoms with van der Waals surface area (Å²) in [6.07, 6.45) is 2.37. The molecule has 0 aliphatic carbocycles. The second-order valence-electron chi connectivity index (χ2n) is 4.52. The molecule has 2 aromatic rings. The van der Waals surface area contributed by atoms with Crippen molar-refractivity contribution < 1.29 is 4.79 Å². The first-order valence-corrected chi connectivity index (χ1v) is 7.12. The van der Waals surface area contributed by atoms with Gasteiger partial charge in [0, 0.05) is 11.7 Å². The Hall–Kier alpha value is -1.82. The summed E-state index contributed by atoms with van der Waals surface area (Å²) < 4.78 is 0. The van der Waals surface area contributed by atoms with Gasteiger partial charge in [-0.1, -0.05) is 30.0 Å². The lowest BCUT2D eigenvalue weighted by atomic mass is 10.1. The van der Waals surface area contributed by atoms with E-state index in [-0.39, 0.29) is 11.9 Å². The van der Waals surface area contributed by atoms with E-state index in [1.54, 1.807) is 0 Å². The number of aromatic nitrogens is 3. The van der Waals surface area contributed by atoms with Crippen molar-refractivity contribution in [3.8, 4) is 0 Å². The van der Waals surface area contributed by atoms with Crippen molar-refractivity contribution in [3.05, 3.63) is 36.2 Å². The molecule has 1 aromatic heterocycles. The molecule has 1 aromatic carbocycles. The van der Waals surface area contributed by atoms with E-state index in [0.717, 1.165) is 12.1 Å². The van der Waals surface area contributed by atoms with Gasteiger partial charge in [0.2, 0.25) is 5.91 Å². The normalized spacial score (nSPS) is 17.5. The third kappa shape index (κ3) is 2.35. The van der Waals surface area contributed by atoms with Crippen molar-refractivity contribution in [3.63, 3.8) is 0 Å². The van der Waals surface area contributed by atoms with Gasteiger partial charge < -0.3 is 4.90 Å². The maximum atomic E-state index is 12.4. The fraction of sp³-hybridized carbons (Fsp3) is 0.308. The van der Waals surface area contributed by atoms with Crippen LogP contribution in [0.25, 0.3) is 0 Å². The summed E-state index contributed by atoms with van der Waals surface area (Å²) in [6.45, 7) is 2.08. The number of anilines is 1. The van der Waals surface area contributed by atoms with Crippen LogP contribution in [0.4, 0.5) is 5.69 Å². The maximum Gasteiger partial charge on any atom is 0.237 e. The van der Waals surface area contributed by atoms with E-state index in [9.17, 15) is 4.79 Å². The van der Waals surface area contributed by atoms with Crippen LogP contribution in [0.2, 0.25) is 0 Å². The van der Waals surface area contributed by atoms with E-state index in [4.69, 9.17) is 0 Å². The zero-order valence-corrected chi connectivity index (χ0v) is 11.4. The molecule has 19 heavy (non-hydrogen) atoms. The first-order chi connectivity index (χ1) is 9.25. The number of nitrogens with zero attached hydrogens (tertiary/aromatic N) is 3. The Bertz CT molecular complexity index is 584. The molecule has 6 heteroatoms. The van der Waals surface area contributed by atoms with Crippen LogP contribution in [0.3, 0.4) is 0 Å². The number of amides is 1. The Morgan fingerprint density at radius 3 is 3.16 bits per heavy atom. The van der Waals surface area contributed by atoms with Gasteiger partial charge in [-0.15, -0.1) is 0 Å². The molecule has 0 bridgehead atoms. The largest absolute Gasteiger partial charge is 0.308 e. The Labute approximate surface area is 115 Å². The van der Waals surface area contributed by atoms with Gasteiger partial charge in [0.1, 0.15) is 6.33 Å². The molecular weight excluding hydrogens is 260 g/mol. The van der Waals surface area contributed by atoms with Crippen LogP contribution in [0.1, 0.15) is 12.5 Å². The van der Waals surface area contributed by atoms with Crippen LogP contribution in [-0.4, -0.2) is 32.9 Å². The molecule has 1 N–H and O–H groups in total. The van der Waals surface area contributed by atoms with Gasteiger partial charge in [-0.25, -0.2) is 4.98 Å². The summed E-state index contributed by atoms with van der Waals surface area (Å²) in [6, 6.07) is 8.31. The van der Waals surface area contributed by atoms with Crippen molar-refractivity contribution in [1.29, 1.82) is 0 Å². The van der Waals surface area contributed by atoms with Crippen molar-refractivity contribution in [2.24, 2.45) is 0 Å². The Morgan fingerprint density at radius 2 is 2.37 bits per heavy atom. The number of aromatic amines is 1. The van der Waals surface area contributed by atoms with Crippen LogP contribution in [0.5, 0.6) is 0 Å². The van der Waals surface area contributed by atoms with Crippen molar-refractivity contribution >= 4 is 23.4 Å². The second kappa shape index (κ2) is 5.05. The average Bonchev–Trinajstić information content (AvgIpc) is 3.02. The quantitative estimate of drug-likeness (QED) is 0.868. The van der Waals surface area contributed by atoms with Gasteiger partial charge in [-0.3, -0.25) is 9.89 Å². The number of benzene rings is 1. The van der Waals surface area contributed by atoms with Crippen LogP contribution in [0.15, 0.2) is 35.7 Å². The highest BCUT2D eigenvalue weighted by Crippen LogP contribution is 2.32. The maximum absolute atomic E-state index is 12.4. The van der Waals surface area contributed by atoms with E-state index in [2.05, 4.69) is 28.2 Å². The smallest absolute Gasteiger partial charge is 0.237 e. The highest BCUT2D eigenvalue weighted by Gasteiger charge is 2.30. The Morgan fingerprint density at radius 1 is 1.53 bits per heavy atom. The SMILES string of the molecule is C[C@@H]1Cc2ccccc2N1C(=O)CSc1ncn[nH]1. The molecule has 1 aliphatic heterocycles. The van der Waals surface area contributed by atoms with Gasteiger partial charge in [0.15, 0.2) is 5.16 Å². The molecule has 98 valence electrons. The molecule has 1 amide bonds. The van der Waals surface area contributed by atoms with Crippen molar-refractivity contribution in [2.75, 3.05) is 10.7 Å². The molecule has 5 nitrogen and oxygen atoms in total. The molecule has 0 saturated heterocycles. The predicted octanol–water partition coefficient (Wildman–Crippen LogP) is 1.87. The number of rotatable bonds is 3. The number of para-hydroxylation sites is 1. The minimum atomic E-state index is 0.110. The summed E-state index contributed by atoms with van der Waals surface area (Å²) >= 11 is 1.38. The molecule has 0 radical (unpaired) electrons. The number of hydrogen-bond donors (Lipinski definition) is 1. The summed E-state index contributed by atoms with van der Waals surface area (Å²) in [5.41, 5.74) is 2.28. The summed E-state index contributed by atoms with van der Waals surface area (Å²) in [4.78, 5) is 18.2. The number of carbonyl (C=O) groups is 1. The van der Waals surface area contributed by atoms with Gasteiger partial charge >= 0.3 is 0 Å². The predicted molar refractivity (Wildman–Crippen MR) is 74.2 cm³/mol. The number of hydrogen-bond acceptors (Lipinski definition) is 4.